The van der Waals surface area contributed by atoms with Crippen LogP contribution in [0.1, 0.15) is 6.42 Å². The van der Waals surface area contributed by atoms with Gasteiger partial charge in [-0.1, -0.05) is 0 Å². The highest BCUT2D eigenvalue weighted by molar-refractivity contribution is 6.21. The average Bonchev–Trinajstić information content (AvgIpc) is 2.60. The zero-order valence-electron chi connectivity index (χ0n) is 7.12. The summed E-state index contributed by atoms with van der Waals surface area (Å²) in [5.74, 6) is -0.196. The van der Waals surface area contributed by atoms with Crippen molar-refractivity contribution in [2.75, 3.05) is 13.7 Å². The fourth-order valence-corrected chi connectivity index (χ4v) is 1.44. The van der Waals surface area contributed by atoms with Gasteiger partial charge >= 0.3 is 0 Å². The minimum absolute atomic E-state index is 0.106. The lowest BCUT2D eigenvalue weighted by molar-refractivity contribution is -0.119. The molecule has 0 amide bonds. The highest BCUT2D eigenvalue weighted by Gasteiger charge is 2.33. The molecule has 0 spiro atoms. The van der Waals surface area contributed by atoms with E-state index in [1.165, 1.54) is 13.2 Å². The second kappa shape index (κ2) is 2.73. The lowest BCUT2D eigenvalue weighted by Gasteiger charge is -2.10. The van der Waals surface area contributed by atoms with Crippen LogP contribution in [0.15, 0.2) is 23.2 Å². The molecule has 0 fully saturated rings. The Balaban J connectivity index is 2.42. The number of Topliss-reactive ketones (excluding diaryl/α,β-unsaturated/α-hetero) is 1. The van der Waals surface area contributed by atoms with Gasteiger partial charge in [0.15, 0.2) is 11.5 Å². The van der Waals surface area contributed by atoms with E-state index >= 15 is 0 Å². The van der Waals surface area contributed by atoms with Crippen LogP contribution in [0.25, 0.3) is 0 Å². The Kier molecular flexibility index (Phi) is 1.69. The van der Waals surface area contributed by atoms with E-state index in [9.17, 15) is 9.59 Å². The Morgan fingerprint density at radius 2 is 2.23 bits per heavy atom. The van der Waals surface area contributed by atoms with Gasteiger partial charge in [-0.15, -0.1) is 0 Å². The number of hydrogen-bond donors (Lipinski definition) is 0. The minimum atomic E-state index is -0.274. The fourth-order valence-electron chi connectivity index (χ4n) is 1.44. The monoisotopic (exact) mass is 180 g/mol. The predicted octanol–water partition coefficient (Wildman–Crippen LogP) is 0.343. The number of allylic oxidation sites excluding steroid dienone is 2. The lowest BCUT2D eigenvalue weighted by Crippen LogP contribution is -2.17. The average molecular weight is 180 g/mol. The van der Waals surface area contributed by atoms with Gasteiger partial charge in [-0.2, -0.15) is 0 Å². The molecule has 0 aromatic rings. The number of carbonyl (C=O) groups excluding carboxylic acids is 2. The molecule has 1 aliphatic heterocycles. The number of hydrogen-bond acceptors (Lipinski definition) is 4. The summed E-state index contributed by atoms with van der Waals surface area (Å²) in [5, 5.41) is 0. The van der Waals surface area contributed by atoms with Gasteiger partial charge < -0.3 is 9.47 Å². The van der Waals surface area contributed by atoms with Gasteiger partial charge in [-0.25, -0.2) is 0 Å². The number of rotatable bonds is 1. The fraction of sp³-hybridized carbons (Fsp3) is 0.333. The Morgan fingerprint density at radius 1 is 1.46 bits per heavy atom. The smallest absolute Gasteiger partial charge is 0.227 e. The topological polar surface area (TPSA) is 52.6 Å². The van der Waals surface area contributed by atoms with Crippen molar-refractivity contribution in [3.63, 3.8) is 0 Å². The van der Waals surface area contributed by atoms with Crippen molar-refractivity contribution in [3.05, 3.63) is 23.2 Å². The van der Waals surface area contributed by atoms with Crippen molar-refractivity contribution >= 4 is 11.6 Å². The predicted molar refractivity (Wildman–Crippen MR) is 42.7 cm³/mol. The maximum absolute atomic E-state index is 11.5. The molecule has 13 heavy (non-hydrogen) atoms. The molecule has 0 N–H and O–H groups in total. The van der Waals surface area contributed by atoms with Gasteiger partial charge in [0.25, 0.3) is 0 Å². The Labute approximate surface area is 74.8 Å². The molecule has 0 unspecified atom stereocenters. The molecule has 0 radical (unpaired) electrons. The molecule has 2 rings (SSSR count). The summed E-state index contributed by atoms with van der Waals surface area (Å²) in [4.78, 5) is 22.8. The van der Waals surface area contributed by atoms with Crippen molar-refractivity contribution in [2.24, 2.45) is 0 Å². The molecule has 1 aliphatic carbocycles. The van der Waals surface area contributed by atoms with Crippen LogP contribution in [0.2, 0.25) is 0 Å². The van der Waals surface area contributed by atoms with Crippen molar-refractivity contribution < 1.29 is 19.1 Å². The quantitative estimate of drug-likeness (QED) is 0.546. The van der Waals surface area contributed by atoms with Crippen molar-refractivity contribution in [3.8, 4) is 0 Å². The first kappa shape index (κ1) is 8.04. The third-order valence-corrected chi connectivity index (χ3v) is 2.08. The lowest BCUT2D eigenvalue weighted by atomic mass is 9.99. The van der Waals surface area contributed by atoms with Gasteiger partial charge in [-0.05, 0) is 0 Å². The number of ether oxygens (including phenoxy) is 2. The summed E-state index contributed by atoms with van der Waals surface area (Å²) in [6.07, 6.45) is 1.67. The second-order valence-electron chi connectivity index (χ2n) is 2.81. The first-order valence-corrected chi connectivity index (χ1v) is 3.94. The Morgan fingerprint density at radius 3 is 2.92 bits per heavy atom. The van der Waals surface area contributed by atoms with E-state index in [2.05, 4.69) is 0 Å². The zero-order chi connectivity index (χ0) is 9.42. The molecular formula is C9H8O4. The molecule has 0 aromatic heterocycles. The third-order valence-electron chi connectivity index (χ3n) is 2.08. The van der Waals surface area contributed by atoms with Gasteiger partial charge in [0.05, 0.1) is 19.3 Å². The second-order valence-corrected chi connectivity index (χ2v) is 2.81. The van der Waals surface area contributed by atoms with Crippen LogP contribution < -0.4 is 0 Å². The van der Waals surface area contributed by atoms with Gasteiger partial charge in [0.2, 0.25) is 11.6 Å². The zero-order valence-corrected chi connectivity index (χ0v) is 7.12. The molecule has 68 valence electrons. The van der Waals surface area contributed by atoms with Crippen LogP contribution in [0, 0.1) is 0 Å². The van der Waals surface area contributed by atoms with Gasteiger partial charge in [0, 0.05) is 12.5 Å². The van der Waals surface area contributed by atoms with E-state index in [1.54, 1.807) is 0 Å². The minimum Gasteiger partial charge on any atom is -0.493 e. The Hall–Kier alpha value is -1.58. The largest absolute Gasteiger partial charge is 0.493 e. The van der Waals surface area contributed by atoms with Crippen LogP contribution >= 0.6 is 0 Å². The van der Waals surface area contributed by atoms with Crippen LogP contribution in [-0.4, -0.2) is 25.3 Å². The number of methoxy groups -OCH3 is 1. The summed E-state index contributed by atoms with van der Waals surface area (Å²) in [5.41, 5.74) is 0.448. The molecule has 2 aliphatic rings. The highest BCUT2D eigenvalue weighted by atomic mass is 16.5. The van der Waals surface area contributed by atoms with Crippen LogP contribution in [0.4, 0.5) is 0 Å². The van der Waals surface area contributed by atoms with Crippen LogP contribution in [-0.2, 0) is 19.1 Å². The molecule has 0 atom stereocenters. The van der Waals surface area contributed by atoms with Crippen molar-refractivity contribution in [2.45, 2.75) is 6.42 Å². The summed E-state index contributed by atoms with van der Waals surface area (Å²) in [7, 11) is 1.37. The van der Waals surface area contributed by atoms with E-state index < -0.39 is 0 Å². The molecule has 0 bridgehead atoms. The molecule has 0 aromatic carbocycles. The maximum Gasteiger partial charge on any atom is 0.227 e. The standard InChI is InChI=1S/C9H8O4/c1-12-7-4-6(10)9-5(8(7)11)2-3-13-9/h4H,2-3H2,1H3. The van der Waals surface area contributed by atoms with Crippen LogP contribution in [0.5, 0.6) is 0 Å². The van der Waals surface area contributed by atoms with Gasteiger partial charge in [0.1, 0.15) is 0 Å². The van der Waals surface area contributed by atoms with E-state index in [4.69, 9.17) is 9.47 Å². The number of ketones is 2. The first-order chi connectivity index (χ1) is 6.24. The highest BCUT2D eigenvalue weighted by Crippen LogP contribution is 2.27. The SMILES string of the molecule is COC1=CC(=O)C2=C(CCO2)C1=O. The summed E-state index contributed by atoms with van der Waals surface area (Å²) < 4.78 is 9.82. The van der Waals surface area contributed by atoms with E-state index in [0.717, 1.165) is 0 Å². The molecular weight excluding hydrogens is 172 g/mol. The molecule has 1 heterocycles. The van der Waals surface area contributed by atoms with E-state index in [0.29, 0.717) is 18.6 Å². The van der Waals surface area contributed by atoms with E-state index in [-0.39, 0.29) is 23.1 Å². The van der Waals surface area contributed by atoms with Crippen molar-refractivity contribution in [1.82, 2.24) is 0 Å². The summed E-state index contributed by atoms with van der Waals surface area (Å²) >= 11 is 0. The van der Waals surface area contributed by atoms with Crippen molar-refractivity contribution in [1.29, 1.82) is 0 Å². The number of carbonyl (C=O) groups is 2. The van der Waals surface area contributed by atoms with E-state index in [1.807, 2.05) is 0 Å². The Bertz CT molecular complexity index is 349. The summed E-state index contributed by atoms with van der Waals surface area (Å²) in [6.45, 7) is 0.410. The normalized spacial score (nSPS) is 21.2. The molecule has 0 saturated carbocycles. The van der Waals surface area contributed by atoms with Crippen LogP contribution in [0.3, 0.4) is 0 Å². The summed E-state index contributed by atoms with van der Waals surface area (Å²) in [6, 6.07) is 0. The molecule has 4 heteroatoms. The molecule has 4 nitrogen and oxygen atoms in total. The maximum atomic E-state index is 11.5. The molecule has 0 saturated heterocycles. The first-order valence-electron chi connectivity index (χ1n) is 3.94. The van der Waals surface area contributed by atoms with Gasteiger partial charge in [-0.3, -0.25) is 9.59 Å². The third kappa shape index (κ3) is 1.06.